The second-order valence-electron chi connectivity index (χ2n) is 9.28. The minimum Gasteiger partial charge on any atom is -0.300 e. The van der Waals surface area contributed by atoms with Crippen molar-refractivity contribution in [3.8, 4) is 0 Å². The van der Waals surface area contributed by atoms with Crippen LogP contribution in [0.15, 0.2) is 11.6 Å². The number of hydrogen-bond donors (Lipinski definition) is 0. The highest BCUT2D eigenvalue weighted by molar-refractivity contribution is 6.29. The first-order valence-corrected chi connectivity index (χ1v) is 10.1. The maximum atomic E-state index is 14.4. The van der Waals surface area contributed by atoms with Gasteiger partial charge in [-0.05, 0) is 75.7 Å². The SMILES string of the molecule is CC(=O)[C@H]1CC[C@H]2[C@@H]3CCC4=CC(=O)C(F)C(=O)[C@]4(C)[C@@]3(Cl)CC[C@]12C. The molecule has 0 aromatic carbocycles. The Morgan fingerprint density at radius 3 is 2.50 bits per heavy atom. The molecule has 0 bridgehead atoms. The van der Waals surface area contributed by atoms with Gasteiger partial charge < -0.3 is 0 Å². The quantitative estimate of drug-likeness (QED) is 0.505. The molecule has 0 aliphatic heterocycles. The van der Waals surface area contributed by atoms with Crippen LogP contribution < -0.4 is 0 Å². The van der Waals surface area contributed by atoms with Crippen molar-refractivity contribution in [2.45, 2.75) is 70.3 Å². The van der Waals surface area contributed by atoms with Gasteiger partial charge in [-0.2, -0.15) is 0 Å². The molecule has 3 nitrogen and oxygen atoms in total. The second kappa shape index (κ2) is 5.50. The fourth-order valence-corrected chi connectivity index (χ4v) is 7.56. The van der Waals surface area contributed by atoms with Gasteiger partial charge >= 0.3 is 0 Å². The molecule has 0 radical (unpaired) electrons. The zero-order valence-corrected chi connectivity index (χ0v) is 16.4. The van der Waals surface area contributed by atoms with Gasteiger partial charge in [-0.15, -0.1) is 11.6 Å². The van der Waals surface area contributed by atoms with Gasteiger partial charge in [0.05, 0.1) is 10.3 Å². The van der Waals surface area contributed by atoms with Crippen LogP contribution in [0, 0.1) is 28.6 Å². The van der Waals surface area contributed by atoms with Gasteiger partial charge in [0.15, 0.2) is 11.6 Å². The topological polar surface area (TPSA) is 51.2 Å². The van der Waals surface area contributed by atoms with E-state index in [9.17, 15) is 18.8 Å². The molecule has 4 aliphatic carbocycles. The predicted octanol–water partition coefficient (Wildman–Crippen LogP) is 4.21. The van der Waals surface area contributed by atoms with E-state index in [-0.39, 0.29) is 29.0 Å². The standard InChI is InChI=1S/C21H26ClFO3/c1-11(24)13-6-7-14-15-5-4-12-10-16(25)17(23)18(26)20(12,3)21(15,22)9-8-19(13,14)2/h10,13-15,17H,4-9H2,1-3H3/t13-,14+,15+,17?,19-,20-,21-/m1/s1. The molecule has 26 heavy (non-hydrogen) atoms. The highest BCUT2D eigenvalue weighted by Crippen LogP contribution is 2.69. The minimum atomic E-state index is -2.10. The maximum Gasteiger partial charge on any atom is 0.221 e. The van der Waals surface area contributed by atoms with Crippen LogP contribution in [-0.4, -0.2) is 28.4 Å². The van der Waals surface area contributed by atoms with Crippen molar-refractivity contribution in [1.82, 2.24) is 0 Å². The summed E-state index contributed by atoms with van der Waals surface area (Å²) in [5, 5.41) is 0. The van der Waals surface area contributed by atoms with E-state index in [1.165, 1.54) is 6.08 Å². The molecular formula is C21H26ClFO3. The lowest BCUT2D eigenvalue weighted by molar-refractivity contribution is -0.145. The Hall–Kier alpha value is -1.03. The molecule has 0 aromatic rings. The first-order valence-electron chi connectivity index (χ1n) is 9.70. The van der Waals surface area contributed by atoms with Gasteiger partial charge in [-0.25, -0.2) is 4.39 Å². The van der Waals surface area contributed by atoms with Gasteiger partial charge in [0.1, 0.15) is 5.78 Å². The van der Waals surface area contributed by atoms with Crippen LogP contribution in [0.4, 0.5) is 4.39 Å². The van der Waals surface area contributed by atoms with E-state index in [4.69, 9.17) is 11.6 Å². The molecular weight excluding hydrogens is 355 g/mol. The summed E-state index contributed by atoms with van der Waals surface area (Å²) in [6.45, 7) is 5.62. The van der Waals surface area contributed by atoms with E-state index in [2.05, 4.69) is 6.92 Å². The van der Waals surface area contributed by atoms with Crippen LogP contribution in [0.25, 0.3) is 0 Å². The molecule has 3 fully saturated rings. The van der Waals surface area contributed by atoms with Crippen LogP contribution in [0.1, 0.15) is 59.3 Å². The molecule has 7 atom stereocenters. The van der Waals surface area contributed by atoms with Crippen LogP contribution >= 0.6 is 11.6 Å². The van der Waals surface area contributed by atoms with Gasteiger partial charge in [-0.3, -0.25) is 14.4 Å². The maximum absolute atomic E-state index is 14.4. The van der Waals surface area contributed by atoms with Crippen LogP contribution in [0.3, 0.4) is 0 Å². The average Bonchev–Trinajstić information content (AvgIpc) is 2.93. The molecule has 0 spiro atoms. The number of allylic oxidation sites excluding steroid dienone is 1. The molecule has 3 saturated carbocycles. The largest absolute Gasteiger partial charge is 0.300 e. The number of Topliss-reactive ketones (excluding diaryl/α,β-unsaturated/α-hetero) is 2. The monoisotopic (exact) mass is 380 g/mol. The number of halogens is 2. The number of carbonyl (C=O) groups is 3. The molecule has 142 valence electrons. The first kappa shape index (κ1) is 18.3. The van der Waals surface area contributed by atoms with Crippen molar-refractivity contribution in [3.63, 3.8) is 0 Å². The fourth-order valence-electron chi connectivity index (χ4n) is 6.99. The number of hydrogen-bond acceptors (Lipinski definition) is 3. The lowest BCUT2D eigenvalue weighted by Crippen LogP contribution is -2.64. The number of carbonyl (C=O) groups excluding carboxylic acids is 3. The molecule has 0 amide bonds. The van der Waals surface area contributed by atoms with E-state index < -0.39 is 28.0 Å². The average molecular weight is 381 g/mol. The van der Waals surface area contributed by atoms with Crippen LogP contribution in [-0.2, 0) is 14.4 Å². The summed E-state index contributed by atoms with van der Waals surface area (Å²) < 4.78 is 14.4. The third-order valence-electron chi connectivity index (χ3n) is 8.49. The van der Waals surface area contributed by atoms with Crippen molar-refractivity contribution in [1.29, 1.82) is 0 Å². The summed E-state index contributed by atoms with van der Waals surface area (Å²) in [7, 11) is 0. The molecule has 5 heteroatoms. The van der Waals surface area contributed by atoms with E-state index >= 15 is 0 Å². The second-order valence-corrected chi connectivity index (χ2v) is 9.96. The summed E-state index contributed by atoms with van der Waals surface area (Å²) in [4.78, 5) is 36.1. The summed E-state index contributed by atoms with van der Waals surface area (Å²) in [5.41, 5.74) is -0.507. The van der Waals surface area contributed by atoms with Crippen molar-refractivity contribution in [2.24, 2.45) is 28.6 Å². The fraction of sp³-hybridized carbons (Fsp3) is 0.762. The number of alkyl halides is 2. The van der Waals surface area contributed by atoms with Crippen molar-refractivity contribution < 1.29 is 18.8 Å². The molecule has 0 heterocycles. The van der Waals surface area contributed by atoms with E-state index in [1.807, 2.05) is 0 Å². The van der Waals surface area contributed by atoms with Gasteiger partial charge in [0.2, 0.25) is 6.17 Å². The normalized spacial score (nSPS) is 50.6. The van der Waals surface area contributed by atoms with Gasteiger partial charge in [0, 0.05) is 5.92 Å². The number of fused-ring (bicyclic) bond motifs is 5. The number of ketones is 3. The highest BCUT2D eigenvalue weighted by Gasteiger charge is 2.69. The summed E-state index contributed by atoms with van der Waals surface area (Å²) in [6, 6.07) is 0. The zero-order valence-electron chi connectivity index (χ0n) is 15.6. The molecule has 0 N–H and O–H groups in total. The predicted molar refractivity (Wildman–Crippen MR) is 96.6 cm³/mol. The first-order chi connectivity index (χ1) is 12.1. The molecule has 4 rings (SSSR count). The van der Waals surface area contributed by atoms with Crippen LogP contribution in [0.2, 0.25) is 0 Å². The lowest BCUT2D eigenvalue weighted by Gasteiger charge is -2.61. The summed E-state index contributed by atoms with van der Waals surface area (Å²) >= 11 is 7.23. The number of rotatable bonds is 1. The van der Waals surface area contributed by atoms with Crippen molar-refractivity contribution in [3.05, 3.63) is 11.6 Å². The Kier molecular flexibility index (Phi) is 3.88. The van der Waals surface area contributed by atoms with Crippen LogP contribution in [0.5, 0.6) is 0 Å². The zero-order chi connectivity index (χ0) is 19.1. The third-order valence-corrected chi connectivity index (χ3v) is 9.34. The lowest BCUT2D eigenvalue weighted by atomic mass is 9.46. The van der Waals surface area contributed by atoms with E-state index in [0.717, 1.165) is 25.7 Å². The molecule has 0 saturated heterocycles. The minimum absolute atomic E-state index is 0.0519. The third kappa shape index (κ3) is 1.97. The van der Waals surface area contributed by atoms with Crippen molar-refractivity contribution in [2.75, 3.05) is 0 Å². The summed E-state index contributed by atoms with van der Waals surface area (Å²) in [5.74, 6) is -0.772. The Balaban J connectivity index is 1.79. The Morgan fingerprint density at radius 1 is 1.15 bits per heavy atom. The smallest absolute Gasteiger partial charge is 0.221 e. The van der Waals surface area contributed by atoms with Gasteiger partial charge in [-0.1, -0.05) is 12.5 Å². The molecule has 4 aliphatic rings. The van der Waals surface area contributed by atoms with Gasteiger partial charge in [0.25, 0.3) is 0 Å². The summed E-state index contributed by atoms with van der Waals surface area (Å²) in [6.07, 6.45) is 3.80. The Bertz CT molecular complexity index is 746. The molecule has 0 aromatic heterocycles. The Labute approximate surface area is 158 Å². The Morgan fingerprint density at radius 2 is 1.85 bits per heavy atom. The molecule has 1 unspecified atom stereocenters. The van der Waals surface area contributed by atoms with Crippen molar-refractivity contribution >= 4 is 29.0 Å². The highest BCUT2D eigenvalue weighted by atomic mass is 35.5. The van der Waals surface area contributed by atoms with E-state index in [0.29, 0.717) is 18.4 Å². The van der Waals surface area contributed by atoms with E-state index in [1.54, 1.807) is 13.8 Å².